The number of rotatable bonds is 21. The summed E-state index contributed by atoms with van der Waals surface area (Å²) in [6.45, 7) is 11.7. The lowest BCUT2D eigenvalue weighted by molar-refractivity contribution is -0.167. The fourth-order valence-corrected chi connectivity index (χ4v) is 7.86. The minimum absolute atomic E-state index is 0.115. The molecule has 4 aromatic rings. The lowest BCUT2D eigenvalue weighted by Crippen LogP contribution is -2.37. The summed E-state index contributed by atoms with van der Waals surface area (Å²) in [4.78, 5) is 61.8. The van der Waals surface area contributed by atoms with Crippen LogP contribution in [0.5, 0.6) is 11.5 Å². The molecule has 0 bridgehead atoms. The predicted octanol–water partition coefficient (Wildman–Crippen LogP) is 8.28. The Morgan fingerprint density at radius 2 is 1.14 bits per heavy atom. The Balaban J connectivity index is 1.26. The van der Waals surface area contributed by atoms with Crippen molar-refractivity contribution in [1.82, 2.24) is 0 Å². The highest BCUT2D eigenvalue weighted by molar-refractivity contribution is 5.91. The van der Waals surface area contributed by atoms with Gasteiger partial charge < -0.3 is 33.5 Å². The van der Waals surface area contributed by atoms with E-state index in [4.69, 9.17) is 28.4 Å². The molecule has 64 heavy (non-hydrogen) atoms. The summed E-state index contributed by atoms with van der Waals surface area (Å²) in [6, 6.07) is 31.6. The lowest BCUT2D eigenvalue weighted by atomic mass is 9.68. The highest BCUT2D eigenvalue weighted by Crippen LogP contribution is 2.56. The maximum atomic E-state index is 13.3. The Labute approximate surface area is 372 Å². The molecule has 330 valence electrons. The van der Waals surface area contributed by atoms with E-state index in [-0.39, 0.29) is 44.8 Å². The number of carbonyl (C=O) groups is 5. The number of aliphatic carboxylic acids is 1. The van der Waals surface area contributed by atoms with E-state index >= 15 is 0 Å². The molecule has 0 heterocycles. The number of benzene rings is 4. The van der Waals surface area contributed by atoms with E-state index < -0.39 is 59.3 Å². The number of carbonyl (C=O) groups excluding carboxylic acids is 4. The molecule has 0 fully saturated rings. The maximum absolute atomic E-state index is 13.3. The Hall–Kier alpha value is -7.47. The van der Waals surface area contributed by atoms with E-state index in [1.807, 2.05) is 79.7 Å². The topological polar surface area (TPSA) is 161 Å². The molecule has 2 aliphatic carbocycles. The zero-order chi connectivity index (χ0) is 45.6. The number of esters is 4. The van der Waals surface area contributed by atoms with E-state index in [9.17, 15) is 29.1 Å². The minimum Gasteiger partial charge on any atom is -0.490 e. The molecule has 0 saturated heterocycles. The number of carboxylic acid groups (broad SMARTS) is 1. The summed E-state index contributed by atoms with van der Waals surface area (Å²) in [5.41, 5.74) is 5.47. The van der Waals surface area contributed by atoms with Crippen LogP contribution in [0.4, 0.5) is 0 Å². The van der Waals surface area contributed by atoms with Crippen LogP contribution in [0.25, 0.3) is 11.1 Å². The van der Waals surface area contributed by atoms with E-state index in [1.54, 1.807) is 24.3 Å². The van der Waals surface area contributed by atoms with Gasteiger partial charge in [0.15, 0.2) is 12.2 Å². The van der Waals surface area contributed by atoms with Crippen LogP contribution in [0.2, 0.25) is 0 Å². The largest absolute Gasteiger partial charge is 0.490 e. The molecule has 0 spiro atoms. The second kappa shape index (κ2) is 21.6. The molecule has 4 unspecified atom stereocenters. The summed E-state index contributed by atoms with van der Waals surface area (Å²) in [5, 5.41) is 9.71. The first-order valence-electron chi connectivity index (χ1n) is 20.9. The van der Waals surface area contributed by atoms with Gasteiger partial charge in [0.25, 0.3) is 0 Å². The second-order valence-electron chi connectivity index (χ2n) is 15.1. The number of hydrogen-bond donors (Lipinski definition) is 1. The van der Waals surface area contributed by atoms with E-state index in [0.29, 0.717) is 17.9 Å². The van der Waals surface area contributed by atoms with Crippen LogP contribution >= 0.6 is 0 Å². The smallest absolute Gasteiger partial charge is 0.338 e. The van der Waals surface area contributed by atoms with Gasteiger partial charge in [0.05, 0.1) is 22.8 Å². The number of allylic oxidation sites excluding steroid dienone is 3. The van der Waals surface area contributed by atoms with Crippen molar-refractivity contribution >= 4 is 29.8 Å². The van der Waals surface area contributed by atoms with Crippen LogP contribution in [0.15, 0.2) is 159 Å². The van der Waals surface area contributed by atoms with E-state index in [2.05, 4.69) is 44.0 Å². The van der Waals surface area contributed by atoms with Gasteiger partial charge in [-0.3, -0.25) is 9.59 Å². The Morgan fingerprint density at radius 1 is 0.672 bits per heavy atom. The zero-order valence-corrected chi connectivity index (χ0v) is 35.5. The average Bonchev–Trinajstić information content (AvgIpc) is 3.63. The SMILES string of the molecule is C=CC(=O)OCC(COc1ccc(C2(c3ccc(OCC(COC(=O)C=C)OC(=O)C4CC=CCC4C(=O)O)cc3)c3ccccc3-c3ccccc32)cc1)OC(=O)C(=C)/C=C\CC. The highest BCUT2D eigenvalue weighted by atomic mass is 16.6. The average molecular weight is 867 g/mol. The van der Waals surface area contributed by atoms with Crippen molar-refractivity contribution in [3.05, 3.63) is 181 Å². The van der Waals surface area contributed by atoms with Gasteiger partial charge in [0.1, 0.15) is 37.9 Å². The van der Waals surface area contributed by atoms with E-state index in [0.717, 1.165) is 45.5 Å². The molecule has 12 nitrogen and oxygen atoms in total. The molecule has 1 N–H and O–H groups in total. The van der Waals surface area contributed by atoms with Crippen molar-refractivity contribution in [3.8, 4) is 22.6 Å². The first kappa shape index (κ1) is 46.0. The third-order valence-electron chi connectivity index (χ3n) is 11.0. The number of fused-ring (bicyclic) bond motifs is 3. The standard InChI is InChI=1S/C52H50O12/c1-5-8-15-34(4)50(57)63-39(32-61-47(53)6-2)30-59-37-26-22-35(23-27-37)52(45-20-13-11-16-41(45)42-17-12-14-21-46(42)52)36-24-28-38(29-25-36)60-31-40(33-62-48(54)7-3)64-51(58)44-19-10-9-18-43(44)49(55)56/h6-17,20-29,39-40,43-44H,2-5,18-19,30-33H2,1H3,(H,55,56)/b15-8-. The molecular weight excluding hydrogens is 817 g/mol. The van der Waals surface area contributed by atoms with Gasteiger partial charge in [0, 0.05) is 12.2 Å². The summed E-state index contributed by atoms with van der Waals surface area (Å²) in [5.74, 6) is -4.77. The maximum Gasteiger partial charge on any atom is 0.338 e. The van der Waals surface area contributed by atoms with Crippen LogP contribution in [0.1, 0.15) is 48.4 Å². The van der Waals surface area contributed by atoms with Gasteiger partial charge in [-0.05, 0) is 76.9 Å². The first-order chi connectivity index (χ1) is 31.0. The molecule has 0 amide bonds. The fourth-order valence-electron chi connectivity index (χ4n) is 7.86. The molecule has 6 rings (SSSR count). The van der Waals surface area contributed by atoms with E-state index in [1.165, 1.54) is 0 Å². The van der Waals surface area contributed by atoms with Crippen LogP contribution < -0.4 is 9.47 Å². The Kier molecular flexibility index (Phi) is 15.5. The normalized spacial score (nSPS) is 16.5. The van der Waals surface area contributed by atoms with Crippen molar-refractivity contribution in [2.45, 2.75) is 43.8 Å². The van der Waals surface area contributed by atoms with Gasteiger partial charge in [-0.1, -0.05) is 124 Å². The predicted molar refractivity (Wildman–Crippen MR) is 238 cm³/mol. The quantitative estimate of drug-likeness (QED) is 0.0248. The Morgan fingerprint density at radius 3 is 1.61 bits per heavy atom. The minimum atomic E-state index is -1.09. The van der Waals surface area contributed by atoms with Gasteiger partial charge in [-0.25, -0.2) is 14.4 Å². The second-order valence-corrected chi connectivity index (χ2v) is 15.1. The fraction of sp³-hybridized carbons (Fsp3) is 0.250. The first-order valence-corrected chi connectivity index (χ1v) is 20.9. The molecule has 0 radical (unpaired) electrons. The van der Waals surface area contributed by atoms with Crippen molar-refractivity contribution < 1.29 is 57.5 Å². The van der Waals surface area contributed by atoms with Crippen LogP contribution in [-0.2, 0) is 48.3 Å². The van der Waals surface area contributed by atoms with Gasteiger partial charge in [-0.2, -0.15) is 0 Å². The van der Waals surface area contributed by atoms with Crippen molar-refractivity contribution in [2.75, 3.05) is 26.4 Å². The molecule has 0 aromatic heterocycles. The summed E-state index contributed by atoms with van der Waals surface area (Å²) in [6.07, 6.45) is 8.00. The number of hydrogen-bond acceptors (Lipinski definition) is 11. The molecule has 4 atom stereocenters. The summed E-state index contributed by atoms with van der Waals surface area (Å²) >= 11 is 0. The zero-order valence-electron chi connectivity index (χ0n) is 35.5. The van der Waals surface area contributed by atoms with Gasteiger partial charge in [0.2, 0.25) is 0 Å². The third-order valence-corrected chi connectivity index (χ3v) is 11.0. The number of carboxylic acids is 1. The molecule has 2 aliphatic rings. The monoisotopic (exact) mass is 866 g/mol. The van der Waals surface area contributed by atoms with Crippen LogP contribution in [0, 0.1) is 11.8 Å². The summed E-state index contributed by atoms with van der Waals surface area (Å²) in [7, 11) is 0. The van der Waals surface area contributed by atoms with Crippen molar-refractivity contribution in [2.24, 2.45) is 11.8 Å². The molecule has 0 aliphatic heterocycles. The van der Waals surface area contributed by atoms with Crippen molar-refractivity contribution in [1.29, 1.82) is 0 Å². The molecule has 0 saturated carbocycles. The summed E-state index contributed by atoms with van der Waals surface area (Å²) < 4.78 is 34.0. The third kappa shape index (κ3) is 10.6. The van der Waals surface area contributed by atoms with Crippen LogP contribution in [-0.4, -0.2) is 73.6 Å². The highest BCUT2D eigenvalue weighted by Gasteiger charge is 2.46. The molecule has 12 heteroatoms. The molecule has 4 aromatic carbocycles. The number of ether oxygens (including phenoxy) is 6. The Bertz CT molecular complexity index is 2380. The lowest BCUT2D eigenvalue weighted by Gasteiger charge is -2.34. The van der Waals surface area contributed by atoms with Gasteiger partial charge >= 0.3 is 29.8 Å². The molecular formula is C52H50O12. The van der Waals surface area contributed by atoms with Crippen LogP contribution in [0.3, 0.4) is 0 Å². The van der Waals surface area contributed by atoms with Crippen molar-refractivity contribution in [3.63, 3.8) is 0 Å². The van der Waals surface area contributed by atoms with Gasteiger partial charge in [-0.15, -0.1) is 0 Å².